The van der Waals surface area contributed by atoms with Gasteiger partial charge in [0.1, 0.15) is 12.4 Å². The molecule has 3 N–H and O–H groups in total. The van der Waals surface area contributed by atoms with Crippen LogP contribution in [0.4, 0.5) is 17.1 Å². The Morgan fingerprint density at radius 3 is 2.45 bits per heavy atom. The van der Waals surface area contributed by atoms with Gasteiger partial charge in [-0.2, -0.15) is 0 Å². The third-order valence-corrected chi connectivity index (χ3v) is 4.14. The van der Waals surface area contributed by atoms with Crippen LogP contribution in [0.25, 0.3) is 0 Å². The number of hydrogen-bond donors (Lipinski definition) is 3. The first-order chi connectivity index (χ1) is 15.1. The summed E-state index contributed by atoms with van der Waals surface area (Å²) in [4.78, 5) is 24.4. The third-order valence-electron chi connectivity index (χ3n) is 4.14. The number of furan rings is 1. The number of rotatable bonds is 11. The summed E-state index contributed by atoms with van der Waals surface area (Å²) in [6.45, 7) is 3.59. The van der Waals surface area contributed by atoms with Crippen LogP contribution in [-0.2, 0) is 9.53 Å². The molecule has 31 heavy (non-hydrogen) atoms. The van der Waals surface area contributed by atoms with E-state index in [-0.39, 0.29) is 24.1 Å². The van der Waals surface area contributed by atoms with Gasteiger partial charge in [0, 0.05) is 29.7 Å². The Morgan fingerprint density at radius 2 is 1.68 bits per heavy atom. The second-order valence-corrected chi connectivity index (χ2v) is 6.49. The smallest absolute Gasteiger partial charge is 0.291 e. The number of anilines is 3. The molecular weight excluding hydrogens is 398 g/mol. The lowest BCUT2D eigenvalue weighted by Gasteiger charge is -2.11. The Morgan fingerprint density at radius 1 is 0.903 bits per heavy atom. The summed E-state index contributed by atoms with van der Waals surface area (Å²) >= 11 is 0. The molecule has 1 aromatic heterocycles. The minimum Gasteiger partial charge on any atom is -0.491 e. The van der Waals surface area contributed by atoms with Crippen molar-refractivity contribution >= 4 is 28.9 Å². The lowest BCUT2D eigenvalue weighted by Crippen LogP contribution is -2.21. The molecule has 2 amide bonds. The zero-order chi connectivity index (χ0) is 21.9. The maximum Gasteiger partial charge on any atom is 0.291 e. The highest BCUT2D eigenvalue weighted by atomic mass is 16.5. The molecule has 0 saturated heterocycles. The van der Waals surface area contributed by atoms with Crippen LogP contribution in [-0.4, -0.2) is 38.2 Å². The molecule has 0 saturated carbocycles. The highest BCUT2D eigenvalue weighted by molar-refractivity contribution is 6.02. The van der Waals surface area contributed by atoms with Crippen LogP contribution in [0.15, 0.2) is 71.3 Å². The average Bonchev–Trinajstić information content (AvgIpc) is 3.31. The number of amides is 2. The summed E-state index contributed by atoms with van der Waals surface area (Å²) in [5.74, 6) is 0.326. The second kappa shape index (κ2) is 11.4. The van der Waals surface area contributed by atoms with Gasteiger partial charge in [-0.1, -0.05) is 12.1 Å². The monoisotopic (exact) mass is 423 g/mol. The predicted octanol–water partition coefficient (Wildman–Crippen LogP) is 4.00. The van der Waals surface area contributed by atoms with Crippen molar-refractivity contribution < 1.29 is 23.5 Å². The minimum absolute atomic E-state index is 0.0605. The van der Waals surface area contributed by atoms with E-state index in [0.29, 0.717) is 42.6 Å². The van der Waals surface area contributed by atoms with Crippen LogP contribution < -0.4 is 20.7 Å². The molecule has 0 aliphatic heterocycles. The lowest BCUT2D eigenvalue weighted by atomic mass is 10.2. The molecule has 2 aromatic carbocycles. The van der Waals surface area contributed by atoms with E-state index in [9.17, 15) is 9.59 Å². The van der Waals surface area contributed by atoms with Gasteiger partial charge in [0.15, 0.2) is 5.76 Å². The van der Waals surface area contributed by atoms with Crippen molar-refractivity contribution in [1.82, 2.24) is 0 Å². The largest absolute Gasteiger partial charge is 0.491 e. The van der Waals surface area contributed by atoms with Gasteiger partial charge in [-0.05, 0) is 49.4 Å². The first kappa shape index (κ1) is 21.9. The zero-order valence-corrected chi connectivity index (χ0v) is 17.2. The number of carbonyl (C=O) groups excluding carboxylic acids is 2. The third kappa shape index (κ3) is 7.20. The summed E-state index contributed by atoms with van der Waals surface area (Å²) in [6, 6.07) is 17.5. The number of carbonyl (C=O) groups is 2. The number of ether oxygens (including phenoxy) is 2. The summed E-state index contributed by atoms with van der Waals surface area (Å²) in [5.41, 5.74) is 1.92. The van der Waals surface area contributed by atoms with Gasteiger partial charge in [-0.15, -0.1) is 0 Å². The molecular formula is C23H25N3O5. The second-order valence-electron chi connectivity index (χ2n) is 6.49. The topological polar surface area (TPSA) is 102 Å². The molecule has 8 nitrogen and oxygen atoms in total. The van der Waals surface area contributed by atoms with Crippen molar-refractivity contribution in [3.8, 4) is 5.75 Å². The maximum absolute atomic E-state index is 12.3. The number of benzene rings is 2. The Kier molecular flexibility index (Phi) is 8.07. The van der Waals surface area contributed by atoms with Crippen molar-refractivity contribution in [2.24, 2.45) is 0 Å². The molecule has 0 bridgehead atoms. The Balaban J connectivity index is 1.48. The van der Waals surface area contributed by atoms with E-state index < -0.39 is 0 Å². The van der Waals surface area contributed by atoms with Crippen LogP contribution in [0.2, 0.25) is 0 Å². The predicted molar refractivity (Wildman–Crippen MR) is 119 cm³/mol. The molecule has 0 fully saturated rings. The molecule has 1 heterocycles. The number of nitrogens with one attached hydrogen (secondary N) is 3. The fraction of sp³-hybridized carbons (Fsp3) is 0.217. The summed E-state index contributed by atoms with van der Waals surface area (Å²) in [7, 11) is 0. The quantitative estimate of drug-likeness (QED) is 0.403. The zero-order valence-electron chi connectivity index (χ0n) is 17.2. The normalized spacial score (nSPS) is 10.4. The minimum atomic E-state index is -0.344. The molecule has 0 unspecified atom stereocenters. The van der Waals surface area contributed by atoms with E-state index in [1.54, 1.807) is 42.5 Å². The molecule has 8 heteroatoms. The van der Waals surface area contributed by atoms with Gasteiger partial charge in [0.2, 0.25) is 5.91 Å². The van der Waals surface area contributed by atoms with Gasteiger partial charge >= 0.3 is 0 Å². The van der Waals surface area contributed by atoms with Gasteiger partial charge in [-0.25, -0.2) is 0 Å². The fourth-order valence-electron chi connectivity index (χ4n) is 2.72. The highest BCUT2D eigenvalue weighted by Crippen LogP contribution is 2.18. The summed E-state index contributed by atoms with van der Waals surface area (Å²) in [6.07, 6.45) is 1.44. The molecule has 0 atom stereocenters. The molecule has 162 valence electrons. The SMILES string of the molecule is CCOCCOc1cccc(NC(=O)CNc2cccc(NC(=O)c3ccco3)c2)c1. The van der Waals surface area contributed by atoms with E-state index in [1.807, 2.05) is 25.1 Å². The Bertz CT molecular complexity index is 988. The van der Waals surface area contributed by atoms with Crippen LogP contribution >= 0.6 is 0 Å². The summed E-state index contributed by atoms with van der Waals surface area (Å²) < 4.78 is 15.9. The van der Waals surface area contributed by atoms with Crippen molar-refractivity contribution in [1.29, 1.82) is 0 Å². The van der Waals surface area contributed by atoms with E-state index in [0.717, 1.165) is 0 Å². The Labute approximate surface area is 180 Å². The van der Waals surface area contributed by atoms with Crippen LogP contribution in [0.1, 0.15) is 17.5 Å². The van der Waals surface area contributed by atoms with E-state index >= 15 is 0 Å². The van der Waals surface area contributed by atoms with Crippen molar-refractivity contribution in [2.45, 2.75) is 6.92 Å². The average molecular weight is 423 g/mol. The molecule has 0 aliphatic rings. The first-order valence-electron chi connectivity index (χ1n) is 9.93. The molecule has 3 rings (SSSR count). The standard InChI is InChI=1S/C23H25N3O5/c1-2-29-12-13-30-20-9-4-8-19(15-20)25-22(27)16-24-17-6-3-7-18(14-17)26-23(28)21-10-5-11-31-21/h3-11,14-15,24H,2,12-13,16H2,1H3,(H,25,27)(H,26,28). The first-order valence-corrected chi connectivity index (χ1v) is 9.93. The van der Waals surface area contributed by atoms with Crippen molar-refractivity contribution in [2.75, 3.05) is 42.3 Å². The summed E-state index contributed by atoms with van der Waals surface area (Å²) in [5, 5.41) is 8.61. The van der Waals surface area contributed by atoms with E-state index in [2.05, 4.69) is 16.0 Å². The maximum atomic E-state index is 12.3. The van der Waals surface area contributed by atoms with E-state index in [4.69, 9.17) is 13.9 Å². The van der Waals surface area contributed by atoms with Crippen molar-refractivity contribution in [3.05, 3.63) is 72.7 Å². The number of hydrogen-bond acceptors (Lipinski definition) is 6. The molecule has 0 aliphatic carbocycles. The molecule has 3 aromatic rings. The van der Waals surface area contributed by atoms with Crippen molar-refractivity contribution in [3.63, 3.8) is 0 Å². The van der Waals surface area contributed by atoms with Gasteiger partial charge in [0.25, 0.3) is 5.91 Å². The lowest BCUT2D eigenvalue weighted by molar-refractivity contribution is -0.114. The van der Waals surface area contributed by atoms with Gasteiger partial charge < -0.3 is 29.8 Å². The van der Waals surface area contributed by atoms with Crippen LogP contribution in [0, 0.1) is 0 Å². The molecule has 0 spiro atoms. The van der Waals surface area contributed by atoms with Crippen LogP contribution in [0.5, 0.6) is 5.75 Å². The molecule has 0 radical (unpaired) electrons. The van der Waals surface area contributed by atoms with Gasteiger partial charge in [0.05, 0.1) is 19.4 Å². The van der Waals surface area contributed by atoms with Gasteiger partial charge in [-0.3, -0.25) is 9.59 Å². The fourth-order valence-corrected chi connectivity index (χ4v) is 2.72. The Hall–Kier alpha value is -3.78. The van der Waals surface area contributed by atoms with Crippen LogP contribution in [0.3, 0.4) is 0 Å². The highest BCUT2D eigenvalue weighted by Gasteiger charge is 2.09. The van der Waals surface area contributed by atoms with E-state index in [1.165, 1.54) is 6.26 Å².